The molecule has 0 spiro atoms. The van der Waals surface area contributed by atoms with Crippen LogP contribution in [-0.2, 0) is 4.79 Å². The number of H-pyrrole nitrogens is 1. The summed E-state index contributed by atoms with van der Waals surface area (Å²) in [5, 5.41) is 17.9. The molecular weight excluding hydrogens is 208 g/mol. The number of carboxylic acids is 1. The second-order valence-corrected chi connectivity index (χ2v) is 3.66. The van der Waals surface area contributed by atoms with Crippen molar-refractivity contribution in [2.75, 3.05) is 6.61 Å². The van der Waals surface area contributed by atoms with Crippen LogP contribution in [0, 0.1) is 0 Å². The van der Waals surface area contributed by atoms with E-state index in [0.717, 1.165) is 16.6 Å². The number of rotatable bonds is 4. The SMILES string of the molecule is O=C(O)CC(CO)c1ccc2nc[nH]c2c1. The van der Waals surface area contributed by atoms with Gasteiger partial charge in [-0.3, -0.25) is 4.79 Å². The topological polar surface area (TPSA) is 86.2 Å². The molecule has 1 aromatic carbocycles. The molecule has 5 heteroatoms. The first kappa shape index (κ1) is 10.6. The van der Waals surface area contributed by atoms with Gasteiger partial charge in [-0.2, -0.15) is 0 Å². The molecule has 0 bridgehead atoms. The predicted molar refractivity (Wildman–Crippen MR) is 58.2 cm³/mol. The molecule has 0 amide bonds. The molecule has 5 nitrogen and oxygen atoms in total. The van der Waals surface area contributed by atoms with Crippen molar-refractivity contribution < 1.29 is 15.0 Å². The van der Waals surface area contributed by atoms with E-state index in [4.69, 9.17) is 10.2 Å². The lowest BCUT2D eigenvalue weighted by Crippen LogP contribution is -2.10. The van der Waals surface area contributed by atoms with Gasteiger partial charge in [0.2, 0.25) is 0 Å². The van der Waals surface area contributed by atoms with Crippen LogP contribution in [0.15, 0.2) is 24.5 Å². The van der Waals surface area contributed by atoms with E-state index in [1.807, 2.05) is 12.1 Å². The summed E-state index contributed by atoms with van der Waals surface area (Å²) in [6.45, 7) is -0.175. The highest BCUT2D eigenvalue weighted by molar-refractivity contribution is 5.75. The monoisotopic (exact) mass is 220 g/mol. The number of aliphatic hydroxyl groups excluding tert-OH is 1. The van der Waals surface area contributed by atoms with Crippen molar-refractivity contribution in [2.24, 2.45) is 0 Å². The molecular formula is C11H12N2O3. The van der Waals surface area contributed by atoms with Crippen molar-refractivity contribution in [3.63, 3.8) is 0 Å². The number of nitrogens with zero attached hydrogens (tertiary/aromatic N) is 1. The molecule has 0 aliphatic heterocycles. The first-order chi connectivity index (χ1) is 7.70. The van der Waals surface area contributed by atoms with Crippen LogP contribution >= 0.6 is 0 Å². The van der Waals surface area contributed by atoms with E-state index in [9.17, 15) is 4.79 Å². The lowest BCUT2D eigenvalue weighted by atomic mass is 9.96. The molecule has 0 aliphatic rings. The van der Waals surface area contributed by atoms with Gasteiger partial charge in [0.1, 0.15) is 0 Å². The van der Waals surface area contributed by atoms with E-state index in [0.29, 0.717) is 0 Å². The number of aromatic amines is 1. The Hall–Kier alpha value is -1.88. The fourth-order valence-corrected chi connectivity index (χ4v) is 1.71. The molecule has 0 fully saturated rings. The minimum Gasteiger partial charge on any atom is -0.481 e. The van der Waals surface area contributed by atoms with Gasteiger partial charge in [0.05, 0.1) is 30.4 Å². The number of imidazole rings is 1. The number of carboxylic acid groups (broad SMARTS) is 1. The highest BCUT2D eigenvalue weighted by atomic mass is 16.4. The maximum Gasteiger partial charge on any atom is 0.304 e. The van der Waals surface area contributed by atoms with Crippen LogP contribution in [0.3, 0.4) is 0 Å². The molecule has 84 valence electrons. The first-order valence-corrected chi connectivity index (χ1v) is 4.96. The normalized spacial score (nSPS) is 12.8. The number of benzene rings is 1. The Morgan fingerprint density at radius 2 is 2.31 bits per heavy atom. The summed E-state index contributed by atoms with van der Waals surface area (Å²) in [4.78, 5) is 17.6. The fraction of sp³-hybridized carbons (Fsp3) is 0.273. The Balaban J connectivity index is 2.32. The number of aliphatic carboxylic acids is 1. The highest BCUT2D eigenvalue weighted by Crippen LogP contribution is 2.22. The number of hydrogen-bond donors (Lipinski definition) is 3. The minimum absolute atomic E-state index is 0.0733. The molecule has 0 radical (unpaired) electrons. The molecule has 1 aromatic heterocycles. The van der Waals surface area contributed by atoms with Gasteiger partial charge in [0, 0.05) is 5.92 Å². The van der Waals surface area contributed by atoms with E-state index in [2.05, 4.69) is 9.97 Å². The molecule has 1 heterocycles. The Bertz CT molecular complexity index is 507. The average molecular weight is 220 g/mol. The number of hydrogen-bond acceptors (Lipinski definition) is 3. The quantitative estimate of drug-likeness (QED) is 0.720. The lowest BCUT2D eigenvalue weighted by molar-refractivity contribution is -0.137. The van der Waals surface area contributed by atoms with Crippen LogP contribution < -0.4 is 0 Å². The van der Waals surface area contributed by atoms with Crippen molar-refractivity contribution in [2.45, 2.75) is 12.3 Å². The molecule has 0 saturated carbocycles. The fourth-order valence-electron chi connectivity index (χ4n) is 1.71. The Kier molecular flexibility index (Phi) is 2.87. The third kappa shape index (κ3) is 2.04. The van der Waals surface area contributed by atoms with Crippen molar-refractivity contribution in [3.8, 4) is 0 Å². The third-order valence-electron chi connectivity index (χ3n) is 2.56. The maximum absolute atomic E-state index is 10.6. The minimum atomic E-state index is -0.913. The van der Waals surface area contributed by atoms with E-state index in [1.165, 1.54) is 0 Å². The zero-order valence-corrected chi connectivity index (χ0v) is 8.55. The number of aliphatic hydroxyl groups is 1. The Morgan fingerprint density at radius 1 is 1.50 bits per heavy atom. The van der Waals surface area contributed by atoms with Crippen LogP contribution in [-0.4, -0.2) is 32.8 Å². The highest BCUT2D eigenvalue weighted by Gasteiger charge is 2.15. The largest absolute Gasteiger partial charge is 0.481 e. The molecule has 0 aliphatic carbocycles. The number of carbonyl (C=O) groups is 1. The molecule has 16 heavy (non-hydrogen) atoms. The predicted octanol–water partition coefficient (Wildman–Crippen LogP) is 1.11. The van der Waals surface area contributed by atoms with Crippen LogP contribution in [0.25, 0.3) is 11.0 Å². The molecule has 1 atom stereocenters. The molecule has 3 N–H and O–H groups in total. The zero-order chi connectivity index (χ0) is 11.5. The standard InChI is InChI=1S/C11H12N2O3/c14-5-8(4-11(15)16)7-1-2-9-10(3-7)13-6-12-9/h1-3,6,8,14H,4-5H2,(H,12,13)(H,15,16). The number of aromatic nitrogens is 2. The van der Waals surface area contributed by atoms with Gasteiger partial charge in [-0.1, -0.05) is 6.07 Å². The molecule has 0 saturated heterocycles. The zero-order valence-electron chi connectivity index (χ0n) is 8.55. The van der Waals surface area contributed by atoms with Gasteiger partial charge >= 0.3 is 5.97 Å². The van der Waals surface area contributed by atoms with E-state index in [-0.39, 0.29) is 18.9 Å². The summed E-state index contributed by atoms with van der Waals surface area (Å²) in [5.74, 6) is -1.28. The van der Waals surface area contributed by atoms with E-state index in [1.54, 1.807) is 12.4 Å². The van der Waals surface area contributed by atoms with Gasteiger partial charge in [-0.05, 0) is 17.7 Å². The number of fused-ring (bicyclic) bond motifs is 1. The third-order valence-corrected chi connectivity index (χ3v) is 2.56. The van der Waals surface area contributed by atoms with Crippen LogP contribution in [0.1, 0.15) is 17.9 Å². The molecule has 1 unspecified atom stereocenters. The Morgan fingerprint density at radius 3 is 3.00 bits per heavy atom. The summed E-state index contributed by atoms with van der Waals surface area (Å²) in [6.07, 6.45) is 1.51. The van der Waals surface area contributed by atoms with Gasteiger partial charge in [0.25, 0.3) is 0 Å². The lowest BCUT2D eigenvalue weighted by Gasteiger charge is -2.11. The van der Waals surface area contributed by atoms with Gasteiger partial charge in [-0.15, -0.1) is 0 Å². The Labute approximate surface area is 91.8 Å². The van der Waals surface area contributed by atoms with Crippen molar-refractivity contribution in [1.82, 2.24) is 9.97 Å². The van der Waals surface area contributed by atoms with Gasteiger partial charge in [0.15, 0.2) is 0 Å². The van der Waals surface area contributed by atoms with Crippen molar-refractivity contribution in [3.05, 3.63) is 30.1 Å². The maximum atomic E-state index is 10.6. The molecule has 2 aromatic rings. The first-order valence-electron chi connectivity index (χ1n) is 4.96. The van der Waals surface area contributed by atoms with Crippen LogP contribution in [0.2, 0.25) is 0 Å². The van der Waals surface area contributed by atoms with Crippen molar-refractivity contribution in [1.29, 1.82) is 0 Å². The van der Waals surface area contributed by atoms with E-state index < -0.39 is 5.97 Å². The summed E-state index contributed by atoms with van der Waals surface area (Å²) in [6, 6.07) is 5.44. The second kappa shape index (κ2) is 4.32. The van der Waals surface area contributed by atoms with Crippen LogP contribution in [0.5, 0.6) is 0 Å². The summed E-state index contributed by atoms with van der Waals surface area (Å²) >= 11 is 0. The second-order valence-electron chi connectivity index (χ2n) is 3.66. The average Bonchev–Trinajstić information content (AvgIpc) is 2.72. The number of nitrogens with one attached hydrogen (secondary N) is 1. The summed E-state index contributed by atoms with van der Waals surface area (Å²) < 4.78 is 0. The van der Waals surface area contributed by atoms with Gasteiger partial charge < -0.3 is 15.2 Å². The van der Waals surface area contributed by atoms with Crippen LogP contribution in [0.4, 0.5) is 0 Å². The van der Waals surface area contributed by atoms with E-state index >= 15 is 0 Å². The molecule has 2 rings (SSSR count). The van der Waals surface area contributed by atoms with Gasteiger partial charge in [-0.25, -0.2) is 4.98 Å². The summed E-state index contributed by atoms with van der Waals surface area (Å²) in [5.41, 5.74) is 2.48. The smallest absolute Gasteiger partial charge is 0.304 e. The van der Waals surface area contributed by atoms with Crippen molar-refractivity contribution >= 4 is 17.0 Å². The summed E-state index contributed by atoms with van der Waals surface area (Å²) in [7, 11) is 0.